The van der Waals surface area contributed by atoms with E-state index in [0.717, 1.165) is 57.6 Å². The van der Waals surface area contributed by atoms with Crippen molar-refractivity contribution in [1.82, 2.24) is 4.90 Å². The second-order valence-corrected chi connectivity index (χ2v) is 5.40. The molecule has 0 aromatic heterocycles. The van der Waals surface area contributed by atoms with Gasteiger partial charge in [0.05, 0.1) is 6.61 Å². The van der Waals surface area contributed by atoms with Gasteiger partial charge in [-0.05, 0) is 56.0 Å². The maximum Gasteiger partial charge on any atom is 0.119 e. The van der Waals surface area contributed by atoms with E-state index < -0.39 is 0 Å². The van der Waals surface area contributed by atoms with Crippen molar-refractivity contribution in [2.45, 2.75) is 38.6 Å². The summed E-state index contributed by atoms with van der Waals surface area (Å²) in [7, 11) is 2.17. The fourth-order valence-electron chi connectivity index (χ4n) is 2.52. The summed E-state index contributed by atoms with van der Waals surface area (Å²) in [5.74, 6) is 1.01. The van der Waals surface area contributed by atoms with E-state index in [4.69, 9.17) is 9.84 Å². The van der Waals surface area contributed by atoms with Crippen LogP contribution in [-0.4, -0.2) is 36.8 Å². The van der Waals surface area contributed by atoms with Crippen LogP contribution < -0.4 is 4.74 Å². The van der Waals surface area contributed by atoms with Crippen LogP contribution in [0.4, 0.5) is 0 Å². The number of likely N-dealkylation sites (N-methyl/N-ethyl adjacent to an activating group) is 1. The van der Waals surface area contributed by atoms with E-state index in [1.165, 1.54) is 11.1 Å². The minimum absolute atomic E-state index is 0.306. The van der Waals surface area contributed by atoms with Gasteiger partial charge in [0, 0.05) is 19.7 Å². The van der Waals surface area contributed by atoms with Gasteiger partial charge in [-0.25, -0.2) is 0 Å². The fourth-order valence-corrected chi connectivity index (χ4v) is 2.52. The van der Waals surface area contributed by atoms with Gasteiger partial charge in [-0.3, -0.25) is 0 Å². The van der Waals surface area contributed by atoms with Gasteiger partial charge in [-0.15, -0.1) is 0 Å². The van der Waals surface area contributed by atoms with Crippen molar-refractivity contribution in [2.75, 3.05) is 26.8 Å². The number of benzene rings is 1. The molecule has 1 heterocycles. The normalized spacial score (nSPS) is 15.3. The quantitative estimate of drug-likeness (QED) is 0.768. The van der Waals surface area contributed by atoms with Crippen LogP contribution in [0.1, 0.15) is 36.8 Å². The van der Waals surface area contributed by atoms with Crippen LogP contribution in [-0.2, 0) is 13.0 Å². The molecule has 106 valence electrons. The van der Waals surface area contributed by atoms with E-state index in [1.54, 1.807) is 0 Å². The smallest absolute Gasteiger partial charge is 0.119 e. The molecule has 0 fully saturated rings. The standard InChI is InChI=1S/C16H25NO2/c1-17-9-8-14-12-16(7-6-15(14)13-17)19-11-5-3-2-4-10-18/h6-7,12,18H,2-5,8-11,13H2,1H3. The lowest BCUT2D eigenvalue weighted by Crippen LogP contribution is -2.26. The zero-order chi connectivity index (χ0) is 13.5. The maximum atomic E-state index is 8.70. The van der Waals surface area contributed by atoms with Gasteiger partial charge >= 0.3 is 0 Å². The average Bonchev–Trinajstić information content (AvgIpc) is 2.43. The second kappa shape index (κ2) is 7.51. The molecular weight excluding hydrogens is 238 g/mol. The maximum absolute atomic E-state index is 8.70. The third-order valence-electron chi connectivity index (χ3n) is 3.70. The molecule has 3 heteroatoms. The molecule has 0 spiro atoms. The Morgan fingerprint density at radius 3 is 2.84 bits per heavy atom. The molecule has 1 N–H and O–H groups in total. The third-order valence-corrected chi connectivity index (χ3v) is 3.70. The van der Waals surface area contributed by atoms with Crippen LogP contribution in [0.25, 0.3) is 0 Å². The number of nitrogens with zero attached hydrogens (tertiary/aromatic N) is 1. The summed E-state index contributed by atoms with van der Waals surface area (Å²) in [6, 6.07) is 6.49. The van der Waals surface area contributed by atoms with Gasteiger partial charge in [0.15, 0.2) is 0 Å². The highest BCUT2D eigenvalue weighted by molar-refractivity contribution is 5.37. The Balaban J connectivity index is 1.76. The summed E-state index contributed by atoms with van der Waals surface area (Å²) in [5, 5.41) is 8.70. The minimum Gasteiger partial charge on any atom is -0.494 e. The molecule has 0 saturated heterocycles. The number of unbranched alkanes of at least 4 members (excludes halogenated alkanes) is 3. The van der Waals surface area contributed by atoms with Gasteiger partial charge < -0.3 is 14.7 Å². The highest BCUT2D eigenvalue weighted by atomic mass is 16.5. The molecule has 0 amide bonds. The van der Waals surface area contributed by atoms with Crippen molar-refractivity contribution >= 4 is 0 Å². The lowest BCUT2D eigenvalue weighted by molar-refractivity contribution is 0.273. The molecule has 0 radical (unpaired) electrons. The van der Waals surface area contributed by atoms with Gasteiger partial charge in [0.2, 0.25) is 0 Å². The van der Waals surface area contributed by atoms with E-state index in [2.05, 4.69) is 30.1 Å². The molecule has 3 nitrogen and oxygen atoms in total. The van der Waals surface area contributed by atoms with E-state index >= 15 is 0 Å². The van der Waals surface area contributed by atoms with E-state index in [1.807, 2.05) is 0 Å². The number of aliphatic hydroxyl groups excluding tert-OH is 1. The largest absolute Gasteiger partial charge is 0.494 e. The topological polar surface area (TPSA) is 32.7 Å². The van der Waals surface area contributed by atoms with Crippen molar-refractivity contribution in [3.63, 3.8) is 0 Å². The zero-order valence-electron chi connectivity index (χ0n) is 11.9. The summed E-state index contributed by atoms with van der Waals surface area (Å²) >= 11 is 0. The Morgan fingerprint density at radius 2 is 2.00 bits per heavy atom. The summed E-state index contributed by atoms with van der Waals surface area (Å²) in [5.41, 5.74) is 2.87. The molecule has 0 unspecified atom stereocenters. The molecular formula is C16H25NO2. The van der Waals surface area contributed by atoms with Gasteiger partial charge in [0.1, 0.15) is 5.75 Å². The van der Waals surface area contributed by atoms with Gasteiger partial charge in [0.25, 0.3) is 0 Å². The van der Waals surface area contributed by atoms with Crippen LogP contribution >= 0.6 is 0 Å². The number of fused-ring (bicyclic) bond motifs is 1. The number of rotatable bonds is 7. The molecule has 0 atom stereocenters. The first-order valence-corrected chi connectivity index (χ1v) is 7.33. The van der Waals surface area contributed by atoms with Crippen molar-refractivity contribution in [3.05, 3.63) is 29.3 Å². The lowest BCUT2D eigenvalue weighted by Gasteiger charge is -2.25. The van der Waals surface area contributed by atoms with E-state index in [9.17, 15) is 0 Å². The van der Waals surface area contributed by atoms with Gasteiger partial charge in [-0.1, -0.05) is 12.5 Å². The lowest BCUT2D eigenvalue weighted by atomic mass is 10.00. The molecule has 1 aliphatic heterocycles. The molecule has 1 aromatic carbocycles. The SMILES string of the molecule is CN1CCc2cc(OCCCCCCO)ccc2C1. The highest BCUT2D eigenvalue weighted by Crippen LogP contribution is 2.23. The minimum atomic E-state index is 0.306. The molecule has 1 aliphatic rings. The van der Waals surface area contributed by atoms with E-state index in [-0.39, 0.29) is 0 Å². The van der Waals surface area contributed by atoms with Crippen molar-refractivity contribution in [2.24, 2.45) is 0 Å². The molecule has 2 rings (SSSR count). The Labute approximate surface area is 116 Å². The van der Waals surface area contributed by atoms with Crippen molar-refractivity contribution < 1.29 is 9.84 Å². The van der Waals surface area contributed by atoms with Crippen LogP contribution in [0, 0.1) is 0 Å². The van der Waals surface area contributed by atoms with E-state index in [0.29, 0.717) is 6.61 Å². The fraction of sp³-hybridized carbons (Fsp3) is 0.625. The number of hydrogen-bond acceptors (Lipinski definition) is 3. The molecule has 1 aromatic rings. The number of ether oxygens (including phenoxy) is 1. The monoisotopic (exact) mass is 263 g/mol. The summed E-state index contributed by atoms with van der Waals surface area (Å²) in [6.07, 6.45) is 5.33. The van der Waals surface area contributed by atoms with Gasteiger partial charge in [-0.2, -0.15) is 0 Å². The molecule has 0 saturated carbocycles. The first kappa shape index (κ1) is 14.4. The number of aliphatic hydroxyl groups is 1. The van der Waals surface area contributed by atoms with Crippen LogP contribution in [0.5, 0.6) is 5.75 Å². The summed E-state index contributed by atoms with van der Waals surface area (Å²) in [6.45, 7) is 3.28. The highest BCUT2D eigenvalue weighted by Gasteiger charge is 2.13. The van der Waals surface area contributed by atoms with Crippen molar-refractivity contribution in [3.8, 4) is 5.75 Å². The number of hydrogen-bond donors (Lipinski definition) is 1. The van der Waals surface area contributed by atoms with Crippen molar-refractivity contribution in [1.29, 1.82) is 0 Å². The first-order chi connectivity index (χ1) is 9.29. The Morgan fingerprint density at radius 1 is 1.16 bits per heavy atom. The predicted octanol–water partition coefficient (Wildman–Crippen LogP) is 2.61. The zero-order valence-corrected chi connectivity index (χ0v) is 11.9. The van der Waals surface area contributed by atoms with Crippen LogP contribution in [0.3, 0.4) is 0 Å². The second-order valence-electron chi connectivity index (χ2n) is 5.40. The Hall–Kier alpha value is -1.06. The molecule has 0 aliphatic carbocycles. The third kappa shape index (κ3) is 4.51. The Bertz CT molecular complexity index is 392. The Kier molecular flexibility index (Phi) is 5.67. The van der Waals surface area contributed by atoms with Crippen LogP contribution in [0.15, 0.2) is 18.2 Å². The summed E-state index contributed by atoms with van der Waals surface area (Å²) in [4.78, 5) is 2.35. The molecule has 19 heavy (non-hydrogen) atoms. The molecule has 0 bridgehead atoms. The summed E-state index contributed by atoms with van der Waals surface area (Å²) < 4.78 is 5.80. The predicted molar refractivity (Wildman–Crippen MR) is 77.5 cm³/mol. The van der Waals surface area contributed by atoms with Crippen LogP contribution in [0.2, 0.25) is 0 Å². The average molecular weight is 263 g/mol. The first-order valence-electron chi connectivity index (χ1n) is 7.33.